The molecule has 28 heavy (non-hydrogen) atoms. The largest absolute Gasteiger partial charge is 0.468 e. The molecule has 0 saturated carbocycles. The number of methoxy groups -OCH3 is 1. The molecule has 146 valence electrons. The number of piperidine rings is 1. The van der Waals surface area contributed by atoms with E-state index in [9.17, 15) is 4.79 Å². The van der Waals surface area contributed by atoms with Crippen molar-refractivity contribution in [2.75, 3.05) is 19.0 Å². The SMILES string of the molecule is COC(=O)C1CCCCN1Cc1nc(NCc2cccs2)c2ccccc2n1. The molecule has 1 aliphatic rings. The summed E-state index contributed by atoms with van der Waals surface area (Å²) in [5.74, 6) is 1.39. The second-order valence-electron chi connectivity index (χ2n) is 6.94. The van der Waals surface area contributed by atoms with Crippen LogP contribution in [0.5, 0.6) is 0 Å². The van der Waals surface area contributed by atoms with E-state index in [-0.39, 0.29) is 12.0 Å². The molecule has 1 saturated heterocycles. The Morgan fingerprint density at radius 3 is 2.96 bits per heavy atom. The van der Waals surface area contributed by atoms with Crippen molar-refractivity contribution in [3.05, 3.63) is 52.5 Å². The summed E-state index contributed by atoms with van der Waals surface area (Å²) >= 11 is 1.72. The van der Waals surface area contributed by atoms with Crippen molar-refractivity contribution in [1.29, 1.82) is 0 Å². The number of fused-ring (bicyclic) bond motifs is 1. The van der Waals surface area contributed by atoms with E-state index >= 15 is 0 Å². The van der Waals surface area contributed by atoms with E-state index in [0.717, 1.165) is 54.9 Å². The molecule has 3 aromatic rings. The molecule has 0 bridgehead atoms. The fourth-order valence-corrected chi connectivity index (χ4v) is 4.32. The lowest BCUT2D eigenvalue weighted by molar-refractivity contribution is -0.148. The number of esters is 1. The first kappa shape index (κ1) is 18.8. The highest BCUT2D eigenvalue weighted by Gasteiger charge is 2.30. The Balaban J connectivity index is 1.60. The predicted molar refractivity (Wildman–Crippen MR) is 111 cm³/mol. The van der Waals surface area contributed by atoms with Gasteiger partial charge in [-0.2, -0.15) is 0 Å². The zero-order valence-electron chi connectivity index (χ0n) is 15.9. The van der Waals surface area contributed by atoms with Crippen LogP contribution in [0.15, 0.2) is 41.8 Å². The fraction of sp³-hybridized carbons (Fsp3) is 0.381. The first-order chi connectivity index (χ1) is 13.7. The van der Waals surface area contributed by atoms with Gasteiger partial charge in [0.2, 0.25) is 0 Å². The number of nitrogens with zero attached hydrogens (tertiary/aromatic N) is 3. The maximum absolute atomic E-state index is 12.2. The lowest BCUT2D eigenvalue weighted by atomic mass is 10.0. The van der Waals surface area contributed by atoms with Crippen molar-refractivity contribution < 1.29 is 9.53 Å². The molecule has 1 aromatic carbocycles. The van der Waals surface area contributed by atoms with Gasteiger partial charge < -0.3 is 10.1 Å². The van der Waals surface area contributed by atoms with E-state index in [2.05, 4.69) is 27.7 Å². The summed E-state index contributed by atoms with van der Waals surface area (Å²) in [4.78, 5) is 25.1. The Labute approximate surface area is 168 Å². The lowest BCUT2D eigenvalue weighted by Gasteiger charge is -2.33. The molecule has 1 N–H and O–H groups in total. The molecule has 0 amide bonds. The highest BCUT2D eigenvalue weighted by molar-refractivity contribution is 7.09. The molecular formula is C21H24N4O2S. The van der Waals surface area contributed by atoms with Crippen LogP contribution in [0.3, 0.4) is 0 Å². The van der Waals surface area contributed by atoms with Gasteiger partial charge in [0.15, 0.2) is 0 Å². The Bertz CT molecular complexity index is 945. The van der Waals surface area contributed by atoms with Gasteiger partial charge in [-0.1, -0.05) is 24.6 Å². The van der Waals surface area contributed by atoms with Gasteiger partial charge in [0, 0.05) is 10.3 Å². The van der Waals surface area contributed by atoms with Gasteiger partial charge in [-0.25, -0.2) is 9.97 Å². The average molecular weight is 397 g/mol. The summed E-state index contributed by atoms with van der Waals surface area (Å²) in [5, 5.41) is 6.54. The summed E-state index contributed by atoms with van der Waals surface area (Å²) in [6.45, 7) is 2.12. The molecule has 6 nitrogen and oxygen atoms in total. The molecule has 4 rings (SSSR count). The van der Waals surface area contributed by atoms with Crippen LogP contribution in [0.25, 0.3) is 10.9 Å². The van der Waals surface area contributed by atoms with Crippen LogP contribution in [-0.2, 0) is 22.6 Å². The van der Waals surface area contributed by atoms with Crippen LogP contribution in [-0.4, -0.2) is 40.5 Å². The third-order valence-corrected chi connectivity index (χ3v) is 5.97. The van der Waals surface area contributed by atoms with Crippen molar-refractivity contribution in [1.82, 2.24) is 14.9 Å². The van der Waals surface area contributed by atoms with Gasteiger partial charge >= 0.3 is 5.97 Å². The van der Waals surface area contributed by atoms with Gasteiger partial charge in [0.05, 0.1) is 25.7 Å². The first-order valence-electron chi connectivity index (χ1n) is 9.58. The minimum Gasteiger partial charge on any atom is -0.468 e. The molecule has 0 aliphatic carbocycles. The Morgan fingerprint density at radius 2 is 2.14 bits per heavy atom. The summed E-state index contributed by atoms with van der Waals surface area (Å²) in [6, 6.07) is 12.0. The number of thiophene rings is 1. The summed E-state index contributed by atoms with van der Waals surface area (Å²) in [7, 11) is 1.45. The summed E-state index contributed by atoms with van der Waals surface area (Å²) in [6.07, 6.45) is 2.94. The van der Waals surface area contributed by atoms with E-state index in [0.29, 0.717) is 6.54 Å². The normalized spacial score (nSPS) is 17.5. The van der Waals surface area contributed by atoms with Crippen molar-refractivity contribution in [3.63, 3.8) is 0 Å². The summed E-state index contributed by atoms with van der Waals surface area (Å²) < 4.78 is 5.00. The number of para-hydroxylation sites is 1. The standard InChI is InChI=1S/C21H24N4O2S/c1-27-21(26)18-10-4-5-11-25(18)14-19-23-17-9-3-2-8-16(17)20(24-19)22-13-15-7-6-12-28-15/h2-3,6-9,12,18H,4-5,10-11,13-14H2,1H3,(H,22,23,24). The highest BCUT2D eigenvalue weighted by Crippen LogP contribution is 2.24. The number of hydrogen-bond acceptors (Lipinski definition) is 7. The smallest absolute Gasteiger partial charge is 0.323 e. The minimum atomic E-state index is -0.212. The number of benzene rings is 1. The number of hydrogen-bond donors (Lipinski definition) is 1. The maximum atomic E-state index is 12.2. The van der Waals surface area contributed by atoms with Crippen LogP contribution < -0.4 is 5.32 Å². The lowest BCUT2D eigenvalue weighted by Crippen LogP contribution is -2.44. The number of likely N-dealkylation sites (tertiary alicyclic amines) is 1. The van der Waals surface area contributed by atoms with Crippen molar-refractivity contribution in [2.24, 2.45) is 0 Å². The van der Waals surface area contributed by atoms with E-state index in [1.807, 2.05) is 24.3 Å². The average Bonchev–Trinajstić information content (AvgIpc) is 3.25. The van der Waals surface area contributed by atoms with E-state index in [4.69, 9.17) is 14.7 Å². The second-order valence-corrected chi connectivity index (χ2v) is 7.98. The minimum absolute atomic E-state index is 0.170. The van der Waals surface area contributed by atoms with Crippen molar-refractivity contribution in [2.45, 2.75) is 38.4 Å². The number of anilines is 1. The second kappa shape index (κ2) is 8.67. The van der Waals surface area contributed by atoms with Gasteiger partial charge in [-0.3, -0.25) is 9.69 Å². The third-order valence-electron chi connectivity index (χ3n) is 5.09. The molecule has 7 heteroatoms. The quantitative estimate of drug-likeness (QED) is 0.639. The van der Waals surface area contributed by atoms with Crippen molar-refractivity contribution in [3.8, 4) is 0 Å². The topological polar surface area (TPSA) is 67.3 Å². The number of nitrogens with one attached hydrogen (secondary N) is 1. The van der Waals surface area contributed by atoms with Crippen LogP contribution in [0.1, 0.15) is 30.0 Å². The summed E-state index contributed by atoms with van der Waals surface area (Å²) in [5.41, 5.74) is 0.910. The Kier molecular flexibility index (Phi) is 5.83. The van der Waals surface area contributed by atoms with Crippen LogP contribution in [0, 0.1) is 0 Å². The zero-order chi connectivity index (χ0) is 19.3. The van der Waals surface area contributed by atoms with Gasteiger partial charge in [-0.15, -0.1) is 11.3 Å². The van der Waals surface area contributed by atoms with Crippen LogP contribution in [0.2, 0.25) is 0 Å². The van der Waals surface area contributed by atoms with E-state index < -0.39 is 0 Å². The van der Waals surface area contributed by atoms with Gasteiger partial charge in [0.25, 0.3) is 0 Å². The predicted octanol–water partition coefficient (Wildman–Crippen LogP) is 3.83. The molecule has 1 atom stereocenters. The van der Waals surface area contributed by atoms with E-state index in [1.165, 1.54) is 12.0 Å². The number of aromatic nitrogens is 2. The molecule has 0 radical (unpaired) electrons. The molecular weight excluding hydrogens is 372 g/mol. The molecule has 2 aromatic heterocycles. The molecule has 3 heterocycles. The van der Waals surface area contributed by atoms with Gasteiger partial charge in [-0.05, 0) is 43.0 Å². The Hall–Kier alpha value is -2.51. The maximum Gasteiger partial charge on any atom is 0.323 e. The highest BCUT2D eigenvalue weighted by atomic mass is 32.1. The van der Waals surface area contributed by atoms with Crippen molar-refractivity contribution >= 4 is 34.0 Å². The number of carbonyl (C=O) groups excluding carboxylic acids is 1. The first-order valence-corrected chi connectivity index (χ1v) is 10.5. The van der Waals surface area contributed by atoms with Crippen LogP contribution >= 0.6 is 11.3 Å². The Morgan fingerprint density at radius 1 is 1.25 bits per heavy atom. The van der Waals surface area contributed by atoms with E-state index in [1.54, 1.807) is 11.3 Å². The van der Waals surface area contributed by atoms with Crippen LogP contribution in [0.4, 0.5) is 5.82 Å². The number of ether oxygens (including phenoxy) is 1. The molecule has 1 aliphatic heterocycles. The fourth-order valence-electron chi connectivity index (χ4n) is 3.68. The number of carbonyl (C=O) groups is 1. The van der Waals surface area contributed by atoms with Gasteiger partial charge in [0.1, 0.15) is 17.7 Å². The zero-order valence-corrected chi connectivity index (χ0v) is 16.7. The molecule has 1 unspecified atom stereocenters. The molecule has 1 fully saturated rings. The third kappa shape index (κ3) is 4.15. The molecule has 0 spiro atoms. The monoisotopic (exact) mass is 396 g/mol. The number of rotatable bonds is 6.